The SMILES string of the molecule is CCO[Si](OCC)(OCC)c1ccc(CCl)cc1. The maximum atomic E-state index is 5.83. The fraction of sp³-hybridized carbons (Fsp3) is 0.538. The van der Waals surface area contributed by atoms with E-state index >= 15 is 0 Å². The van der Waals surface area contributed by atoms with Crippen molar-refractivity contribution < 1.29 is 13.3 Å². The lowest BCUT2D eigenvalue weighted by atomic mass is 10.2. The van der Waals surface area contributed by atoms with Crippen molar-refractivity contribution in [1.82, 2.24) is 0 Å². The first-order chi connectivity index (χ1) is 8.72. The lowest BCUT2D eigenvalue weighted by molar-refractivity contribution is 0.0859. The van der Waals surface area contributed by atoms with Gasteiger partial charge in [-0.2, -0.15) is 0 Å². The third-order valence-electron chi connectivity index (χ3n) is 2.46. The summed E-state index contributed by atoms with van der Waals surface area (Å²) in [5.41, 5.74) is 1.08. The van der Waals surface area contributed by atoms with Crippen molar-refractivity contribution in [2.45, 2.75) is 26.7 Å². The molecule has 0 fully saturated rings. The molecule has 0 radical (unpaired) electrons. The molecule has 0 amide bonds. The molecule has 102 valence electrons. The summed E-state index contributed by atoms with van der Waals surface area (Å²) < 4.78 is 17.5. The molecule has 1 aromatic carbocycles. The van der Waals surface area contributed by atoms with Crippen LogP contribution in [0.1, 0.15) is 26.3 Å². The van der Waals surface area contributed by atoms with Crippen LogP contribution in [0.15, 0.2) is 24.3 Å². The highest BCUT2D eigenvalue weighted by molar-refractivity contribution is 6.75. The predicted molar refractivity (Wildman–Crippen MR) is 76.3 cm³/mol. The van der Waals surface area contributed by atoms with Crippen molar-refractivity contribution in [2.24, 2.45) is 0 Å². The molecule has 0 aliphatic rings. The number of rotatable bonds is 8. The van der Waals surface area contributed by atoms with E-state index in [-0.39, 0.29) is 0 Å². The predicted octanol–water partition coefficient (Wildman–Crippen LogP) is 2.68. The molecule has 18 heavy (non-hydrogen) atoms. The van der Waals surface area contributed by atoms with Crippen LogP contribution in [0.25, 0.3) is 0 Å². The average molecular weight is 289 g/mol. The minimum Gasteiger partial charge on any atom is -0.370 e. The van der Waals surface area contributed by atoms with Gasteiger partial charge in [-0.15, -0.1) is 11.6 Å². The van der Waals surface area contributed by atoms with Crippen molar-refractivity contribution in [1.29, 1.82) is 0 Å². The van der Waals surface area contributed by atoms with Crippen LogP contribution in [-0.2, 0) is 19.2 Å². The Hall–Kier alpha value is -0.393. The molecule has 3 nitrogen and oxygen atoms in total. The first-order valence-electron chi connectivity index (χ1n) is 6.29. The Kier molecular flexibility index (Phi) is 6.89. The zero-order chi connectivity index (χ0) is 13.4. The minimum absolute atomic E-state index is 0.507. The van der Waals surface area contributed by atoms with Crippen LogP contribution in [0.2, 0.25) is 0 Å². The zero-order valence-electron chi connectivity index (χ0n) is 11.2. The standard InChI is InChI=1S/C13H21ClO3Si/c1-4-15-18(16-5-2,17-6-3)13-9-7-12(11-14)8-10-13/h7-10H,4-6,11H2,1-3H3. The van der Waals surface area contributed by atoms with E-state index in [0.29, 0.717) is 25.7 Å². The maximum Gasteiger partial charge on any atom is 0.537 e. The van der Waals surface area contributed by atoms with Gasteiger partial charge in [-0.1, -0.05) is 24.3 Å². The summed E-state index contributed by atoms with van der Waals surface area (Å²) in [5, 5.41) is 0.988. The summed E-state index contributed by atoms with van der Waals surface area (Å²) in [5.74, 6) is 0.507. The molecule has 0 aromatic heterocycles. The van der Waals surface area contributed by atoms with Gasteiger partial charge in [0.05, 0.1) is 0 Å². The van der Waals surface area contributed by atoms with E-state index in [1.54, 1.807) is 0 Å². The second-order valence-electron chi connectivity index (χ2n) is 3.69. The number of halogens is 1. The molecule has 0 aliphatic carbocycles. The van der Waals surface area contributed by atoms with Crippen LogP contribution in [-0.4, -0.2) is 28.6 Å². The van der Waals surface area contributed by atoms with Gasteiger partial charge >= 0.3 is 8.80 Å². The van der Waals surface area contributed by atoms with Crippen LogP contribution in [0, 0.1) is 0 Å². The maximum absolute atomic E-state index is 5.83. The van der Waals surface area contributed by atoms with Gasteiger partial charge in [0.15, 0.2) is 0 Å². The summed E-state index contributed by atoms with van der Waals surface area (Å²) in [6.07, 6.45) is 0. The van der Waals surface area contributed by atoms with E-state index in [1.807, 2.05) is 45.0 Å². The Morgan fingerprint density at radius 3 is 1.67 bits per heavy atom. The fourth-order valence-electron chi connectivity index (χ4n) is 1.74. The molecule has 0 spiro atoms. The smallest absolute Gasteiger partial charge is 0.370 e. The van der Waals surface area contributed by atoms with E-state index in [4.69, 9.17) is 24.9 Å². The van der Waals surface area contributed by atoms with Gasteiger partial charge in [0, 0.05) is 30.9 Å². The van der Waals surface area contributed by atoms with Crippen molar-refractivity contribution in [3.05, 3.63) is 29.8 Å². The second-order valence-corrected chi connectivity index (χ2v) is 6.51. The lowest BCUT2D eigenvalue weighted by Crippen LogP contribution is -2.56. The molecule has 0 aliphatic heterocycles. The molecule has 0 unspecified atom stereocenters. The van der Waals surface area contributed by atoms with Crippen molar-refractivity contribution in [3.63, 3.8) is 0 Å². The van der Waals surface area contributed by atoms with Gasteiger partial charge in [0.1, 0.15) is 0 Å². The molecular weight excluding hydrogens is 268 g/mol. The summed E-state index contributed by atoms with van der Waals surface area (Å²) in [6.45, 7) is 7.57. The largest absolute Gasteiger partial charge is 0.537 e. The van der Waals surface area contributed by atoms with Gasteiger partial charge in [0.25, 0.3) is 0 Å². The number of hydrogen-bond acceptors (Lipinski definition) is 3. The molecule has 0 atom stereocenters. The van der Waals surface area contributed by atoms with Crippen LogP contribution in [0.4, 0.5) is 0 Å². The molecular formula is C13H21ClO3Si. The van der Waals surface area contributed by atoms with Crippen molar-refractivity contribution in [2.75, 3.05) is 19.8 Å². The number of benzene rings is 1. The molecule has 5 heteroatoms. The molecule has 0 bridgehead atoms. The Bertz CT molecular complexity index is 326. The third kappa shape index (κ3) is 3.80. The summed E-state index contributed by atoms with van der Waals surface area (Å²) >= 11 is 5.79. The molecule has 1 rings (SSSR count). The highest BCUT2D eigenvalue weighted by atomic mass is 35.5. The van der Waals surface area contributed by atoms with Gasteiger partial charge in [0.2, 0.25) is 0 Å². The molecule has 0 saturated carbocycles. The normalized spacial score (nSPS) is 11.8. The quantitative estimate of drug-likeness (QED) is 0.544. The Morgan fingerprint density at radius 1 is 0.889 bits per heavy atom. The summed E-state index contributed by atoms with van der Waals surface area (Å²) in [6, 6.07) is 7.96. The number of alkyl halides is 1. The molecule has 0 saturated heterocycles. The Balaban J connectivity index is 3.04. The van der Waals surface area contributed by atoms with Crippen molar-refractivity contribution >= 4 is 25.6 Å². The highest BCUT2D eigenvalue weighted by Crippen LogP contribution is 2.12. The molecule has 1 aromatic rings. The molecule has 0 heterocycles. The van der Waals surface area contributed by atoms with Crippen LogP contribution in [0.5, 0.6) is 0 Å². The van der Waals surface area contributed by atoms with E-state index in [1.165, 1.54) is 0 Å². The van der Waals surface area contributed by atoms with Gasteiger partial charge in [-0.25, -0.2) is 0 Å². The second kappa shape index (κ2) is 7.91. The monoisotopic (exact) mass is 288 g/mol. The molecule has 0 N–H and O–H groups in total. The first-order valence-corrected chi connectivity index (χ1v) is 8.55. The van der Waals surface area contributed by atoms with Gasteiger partial charge < -0.3 is 13.3 Å². The van der Waals surface area contributed by atoms with Crippen LogP contribution < -0.4 is 5.19 Å². The Labute approximate surface area is 115 Å². The first kappa shape index (κ1) is 15.7. The van der Waals surface area contributed by atoms with Crippen LogP contribution in [0.3, 0.4) is 0 Å². The minimum atomic E-state index is -2.75. The van der Waals surface area contributed by atoms with Gasteiger partial charge in [-0.3, -0.25) is 0 Å². The van der Waals surface area contributed by atoms with E-state index < -0.39 is 8.80 Å². The summed E-state index contributed by atoms with van der Waals surface area (Å²) in [7, 11) is -2.75. The van der Waals surface area contributed by atoms with E-state index in [2.05, 4.69) is 0 Å². The topological polar surface area (TPSA) is 27.7 Å². The summed E-state index contributed by atoms with van der Waals surface area (Å²) in [4.78, 5) is 0. The lowest BCUT2D eigenvalue weighted by Gasteiger charge is -2.28. The zero-order valence-corrected chi connectivity index (χ0v) is 13.0. The van der Waals surface area contributed by atoms with Crippen molar-refractivity contribution in [3.8, 4) is 0 Å². The fourth-order valence-corrected chi connectivity index (χ4v) is 4.39. The van der Waals surface area contributed by atoms with Crippen LogP contribution >= 0.6 is 11.6 Å². The average Bonchev–Trinajstić information content (AvgIpc) is 2.39. The van der Waals surface area contributed by atoms with Gasteiger partial charge in [-0.05, 0) is 26.3 Å². The number of hydrogen-bond donors (Lipinski definition) is 0. The Morgan fingerprint density at radius 2 is 1.33 bits per heavy atom. The van der Waals surface area contributed by atoms with E-state index in [9.17, 15) is 0 Å². The highest BCUT2D eigenvalue weighted by Gasteiger charge is 2.42. The van der Waals surface area contributed by atoms with E-state index in [0.717, 1.165) is 10.8 Å². The third-order valence-corrected chi connectivity index (χ3v) is 5.82.